The highest BCUT2D eigenvalue weighted by molar-refractivity contribution is 8.00. The topological polar surface area (TPSA) is 84.0 Å². The number of thioether (sulfide) groups is 1. The van der Waals surface area contributed by atoms with Gasteiger partial charge in [-0.3, -0.25) is 14.9 Å². The van der Waals surface area contributed by atoms with E-state index in [2.05, 4.69) is 20.8 Å². The Labute approximate surface area is 178 Å². The molecule has 8 heteroatoms. The van der Waals surface area contributed by atoms with Crippen LogP contribution in [0.5, 0.6) is 0 Å². The summed E-state index contributed by atoms with van der Waals surface area (Å²) in [5.41, 5.74) is 1.03. The van der Waals surface area contributed by atoms with Crippen molar-refractivity contribution >= 4 is 40.0 Å². The summed E-state index contributed by atoms with van der Waals surface area (Å²) in [5, 5.41) is 14.8. The number of aromatic nitrogens is 2. The number of benzene rings is 2. The largest absolute Gasteiger partial charge is 0.341 e. The van der Waals surface area contributed by atoms with Crippen molar-refractivity contribution in [2.75, 3.05) is 11.1 Å². The average Bonchev–Trinajstić information content (AvgIpc) is 3.16. The molecule has 0 radical (unpaired) electrons. The van der Waals surface area contributed by atoms with Crippen LogP contribution in [0.4, 0.5) is 5.13 Å². The van der Waals surface area contributed by atoms with E-state index in [0.717, 1.165) is 21.0 Å². The maximum Gasteiger partial charge on any atom is 0.251 e. The summed E-state index contributed by atoms with van der Waals surface area (Å²) in [4.78, 5) is 25.9. The van der Waals surface area contributed by atoms with Crippen molar-refractivity contribution in [3.63, 3.8) is 0 Å². The van der Waals surface area contributed by atoms with Gasteiger partial charge < -0.3 is 5.32 Å². The van der Waals surface area contributed by atoms with E-state index in [-0.39, 0.29) is 17.6 Å². The van der Waals surface area contributed by atoms with Crippen LogP contribution in [0.1, 0.15) is 19.4 Å². The third-order valence-electron chi connectivity index (χ3n) is 4.08. The van der Waals surface area contributed by atoms with Gasteiger partial charge in [0.25, 0.3) is 5.91 Å². The molecule has 0 spiro atoms. The average molecular weight is 427 g/mol. The van der Waals surface area contributed by atoms with Crippen molar-refractivity contribution in [3.05, 3.63) is 60.2 Å². The van der Waals surface area contributed by atoms with Crippen molar-refractivity contribution in [2.45, 2.75) is 31.2 Å². The lowest BCUT2D eigenvalue weighted by Gasteiger charge is -2.24. The Balaban J connectivity index is 1.56. The van der Waals surface area contributed by atoms with E-state index in [1.54, 1.807) is 13.8 Å². The standard InChI is InChI=1S/C21H22N4O2S2/c1-14-9-11-15(12-10-14)18-24-25-20(29-18)22-19(27)21(2,3)23-17(26)13-28-16-7-5-4-6-8-16/h4-12H,13H2,1-3H3,(H,23,26)(H,22,25,27). The Kier molecular flexibility index (Phi) is 6.66. The van der Waals surface area contributed by atoms with Gasteiger partial charge in [-0.25, -0.2) is 0 Å². The van der Waals surface area contributed by atoms with E-state index >= 15 is 0 Å². The number of amides is 2. The number of anilines is 1. The first-order chi connectivity index (χ1) is 13.8. The highest BCUT2D eigenvalue weighted by Gasteiger charge is 2.30. The molecule has 6 nitrogen and oxygen atoms in total. The molecule has 0 aliphatic rings. The van der Waals surface area contributed by atoms with Crippen molar-refractivity contribution in [2.24, 2.45) is 0 Å². The number of carbonyl (C=O) groups excluding carboxylic acids is 2. The minimum atomic E-state index is -1.08. The van der Waals surface area contributed by atoms with Crippen LogP contribution in [-0.2, 0) is 9.59 Å². The van der Waals surface area contributed by atoms with Crippen LogP contribution < -0.4 is 10.6 Å². The monoisotopic (exact) mass is 426 g/mol. The molecule has 0 aliphatic heterocycles. The Hall–Kier alpha value is -2.71. The molecule has 29 heavy (non-hydrogen) atoms. The molecule has 150 valence electrons. The molecule has 0 saturated carbocycles. The van der Waals surface area contributed by atoms with Crippen LogP contribution in [0, 0.1) is 6.92 Å². The molecule has 2 amide bonds. The van der Waals surface area contributed by atoms with Crippen LogP contribution in [0.3, 0.4) is 0 Å². The predicted molar refractivity (Wildman–Crippen MR) is 118 cm³/mol. The lowest BCUT2D eigenvalue weighted by Crippen LogP contribution is -2.52. The number of carbonyl (C=O) groups is 2. The lowest BCUT2D eigenvalue weighted by molar-refractivity contribution is -0.127. The molecule has 0 bridgehead atoms. The van der Waals surface area contributed by atoms with Gasteiger partial charge in [-0.05, 0) is 32.9 Å². The molecule has 0 aliphatic carbocycles. The van der Waals surface area contributed by atoms with Crippen LogP contribution in [0.2, 0.25) is 0 Å². The van der Waals surface area contributed by atoms with E-state index < -0.39 is 5.54 Å². The van der Waals surface area contributed by atoms with E-state index in [0.29, 0.717) is 5.13 Å². The van der Waals surface area contributed by atoms with Gasteiger partial charge >= 0.3 is 0 Å². The van der Waals surface area contributed by atoms with Gasteiger partial charge in [0.15, 0.2) is 0 Å². The van der Waals surface area contributed by atoms with E-state index in [4.69, 9.17) is 0 Å². The molecule has 0 atom stereocenters. The fraction of sp³-hybridized carbons (Fsp3) is 0.238. The number of hydrogen-bond acceptors (Lipinski definition) is 6. The maximum absolute atomic E-state index is 12.6. The van der Waals surface area contributed by atoms with Gasteiger partial charge in [0.2, 0.25) is 11.0 Å². The lowest BCUT2D eigenvalue weighted by atomic mass is 10.1. The summed E-state index contributed by atoms with van der Waals surface area (Å²) in [6.45, 7) is 5.34. The Morgan fingerprint density at radius 3 is 2.41 bits per heavy atom. The third kappa shape index (κ3) is 5.88. The van der Waals surface area contributed by atoms with E-state index in [1.807, 2.05) is 61.5 Å². The minimum Gasteiger partial charge on any atom is -0.341 e. The quantitative estimate of drug-likeness (QED) is 0.555. The first kappa shape index (κ1) is 21.0. The minimum absolute atomic E-state index is 0.211. The molecule has 2 aromatic carbocycles. The Bertz CT molecular complexity index is 985. The van der Waals surface area contributed by atoms with Crippen molar-refractivity contribution in [1.82, 2.24) is 15.5 Å². The summed E-state index contributed by atoms with van der Waals surface area (Å²) in [5.74, 6) is -0.323. The van der Waals surface area contributed by atoms with Crippen molar-refractivity contribution in [1.29, 1.82) is 0 Å². The second-order valence-electron chi connectivity index (χ2n) is 7.01. The number of nitrogens with zero attached hydrogens (tertiary/aromatic N) is 2. The first-order valence-corrected chi connectivity index (χ1v) is 10.8. The zero-order chi connectivity index (χ0) is 20.9. The molecule has 3 rings (SSSR count). The van der Waals surface area contributed by atoms with Crippen molar-refractivity contribution < 1.29 is 9.59 Å². The van der Waals surface area contributed by atoms with Crippen LogP contribution in [0.15, 0.2) is 59.5 Å². The fourth-order valence-corrected chi connectivity index (χ4v) is 3.91. The number of nitrogens with one attached hydrogen (secondary N) is 2. The van der Waals surface area contributed by atoms with Crippen LogP contribution in [0.25, 0.3) is 10.6 Å². The summed E-state index contributed by atoms with van der Waals surface area (Å²) in [6.07, 6.45) is 0. The molecule has 3 aromatic rings. The Morgan fingerprint density at radius 2 is 1.72 bits per heavy atom. The fourth-order valence-electron chi connectivity index (χ4n) is 2.45. The van der Waals surface area contributed by atoms with Gasteiger partial charge in [0.05, 0.1) is 5.75 Å². The maximum atomic E-state index is 12.6. The first-order valence-electron chi connectivity index (χ1n) is 9.04. The molecular formula is C21H22N4O2S2. The molecule has 1 aromatic heterocycles. The van der Waals surface area contributed by atoms with E-state index in [1.165, 1.54) is 23.1 Å². The highest BCUT2D eigenvalue weighted by Crippen LogP contribution is 2.27. The van der Waals surface area contributed by atoms with Gasteiger partial charge in [0.1, 0.15) is 10.5 Å². The number of rotatable bonds is 7. The van der Waals surface area contributed by atoms with E-state index in [9.17, 15) is 9.59 Å². The van der Waals surface area contributed by atoms with Crippen molar-refractivity contribution in [3.8, 4) is 10.6 Å². The van der Waals surface area contributed by atoms with Crippen LogP contribution >= 0.6 is 23.1 Å². The number of aryl methyl sites for hydroxylation is 1. The van der Waals surface area contributed by atoms with Crippen LogP contribution in [-0.4, -0.2) is 33.3 Å². The number of hydrogen-bond donors (Lipinski definition) is 2. The second-order valence-corrected chi connectivity index (χ2v) is 9.03. The predicted octanol–water partition coefficient (Wildman–Crippen LogP) is 4.14. The zero-order valence-electron chi connectivity index (χ0n) is 16.4. The molecule has 0 fully saturated rings. The summed E-state index contributed by atoms with van der Waals surface area (Å²) < 4.78 is 0. The van der Waals surface area contributed by atoms with Gasteiger partial charge in [-0.1, -0.05) is 59.4 Å². The molecular weight excluding hydrogens is 404 g/mol. The van der Waals surface area contributed by atoms with Gasteiger partial charge in [-0.15, -0.1) is 22.0 Å². The smallest absolute Gasteiger partial charge is 0.251 e. The summed E-state index contributed by atoms with van der Waals surface area (Å²) >= 11 is 2.71. The highest BCUT2D eigenvalue weighted by atomic mass is 32.2. The summed E-state index contributed by atoms with van der Waals surface area (Å²) in [7, 11) is 0. The SMILES string of the molecule is Cc1ccc(-c2nnc(NC(=O)C(C)(C)NC(=O)CSc3ccccc3)s2)cc1. The zero-order valence-corrected chi connectivity index (χ0v) is 18.1. The van der Waals surface area contributed by atoms with Gasteiger partial charge in [-0.2, -0.15) is 0 Å². The summed E-state index contributed by atoms with van der Waals surface area (Å²) in [6, 6.07) is 17.6. The molecule has 0 unspecified atom stereocenters. The van der Waals surface area contributed by atoms with Gasteiger partial charge in [0, 0.05) is 10.5 Å². The molecule has 0 saturated heterocycles. The normalized spacial score (nSPS) is 11.1. The molecule has 2 N–H and O–H groups in total. The third-order valence-corrected chi connectivity index (χ3v) is 5.98. The second kappa shape index (κ2) is 9.19. The molecule has 1 heterocycles. The Morgan fingerprint density at radius 1 is 1.03 bits per heavy atom.